The number of nitrogens with two attached hydrogens (primary N) is 1. The van der Waals surface area contributed by atoms with Crippen LogP contribution in [0, 0.1) is 5.41 Å². The van der Waals surface area contributed by atoms with Gasteiger partial charge in [-0.25, -0.2) is 4.79 Å². The fourth-order valence-corrected chi connectivity index (χ4v) is 1.63. The number of hydrogen-bond donors (Lipinski definition) is 3. The number of hydrogen-bond acceptors (Lipinski definition) is 3. The number of carboxylic acids is 1. The highest BCUT2D eigenvalue weighted by atomic mass is 16.4. The zero-order valence-corrected chi connectivity index (χ0v) is 10.0. The summed E-state index contributed by atoms with van der Waals surface area (Å²) in [6, 6.07) is -0.690. The maximum Gasteiger partial charge on any atom is 0.329 e. The summed E-state index contributed by atoms with van der Waals surface area (Å²) in [4.78, 5) is 22.9. The van der Waals surface area contributed by atoms with Crippen molar-refractivity contribution in [3.05, 3.63) is 0 Å². The number of nitrogens with one attached hydrogen (secondary N) is 1. The molecular weight excluding hydrogens is 208 g/mol. The predicted octanol–water partition coefficient (Wildman–Crippen LogP) is 0.483. The van der Waals surface area contributed by atoms with Crippen LogP contribution in [-0.2, 0) is 9.59 Å². The Labute approximate surface area is 95.4 Å². The summed E-state index contributed by atoms with van der Waals surface area (Å²) in [6.07, 6.45) is 1.81. The third-order valence-corrected chi connectivity index (χ3v) is 3.19. The molecule has 1 amide bonds. The Hall–Kier alpha value is -1.10. The Balaban J connectivity index is 2.67. The van der Waals surface area contributed by atoms with Crippen LogP contribution in [0.3, 0.4) is 0 Å². The van der Waals surface area contributed by atoms with Crippen LogP contribution in [0.15, 0.2) is 0 Å². The standard InChI is InChI=1S/C11H20N2O3/c1-10(2,3)7(12)8(14)13-11(9(15)16)5-4-6-11/h7H,4-6,12H2,1-3H3,(H,13,14)(H,15,16)/t7-/m0/s1. The molecule has 0 spiro atoms. The highest BCUT2D eigenvalue weighted by Gasteiger charge is 2.47. The minimum absolute atomic E-state index is 0.368. The molecule has 0 heterocycles. The first-order valence-corrected chi connectivity index (χ1v) is 5.50. The van der Waals surface area contributed by atoms with Crippen molar-refractivity contribution in [2.45, 2.75) is 51.6 Å². The van der Waals surface area contributed by atoms with Crippen molar-refractivity contribution in [1.29, 1.82) is 0 Å². The maximum absolute atomic E-state index is 11.8. The van der Waals surface area contributed by atoms with E-state index >= 15 is 0 Å². The van der Waals surface area contributed by atoms with Gasteiger partial charge in [-0.2, -0.15) is 0 Å². The molecule has 1 saturated carbocycles. The van der Waals surface area contributed by atoms with E-state index in [-0.39, 0.29) is 11.3 Å². The molecule has 1 aliphatic carbocycles. The summed E-state index contributed by atoms with van der Waals surface area (Å²) in [7, 11) is 0. The Morgan fingerprint density at radius 3 is 2.12 bits per heavy atom. The summed E-state index contributed by atoms with van der Waals surface area (Å²) in [5, 5.41) is 11.6. The molecule has 0 bridgehead atoms. The molecule has 1 atom stereocenters. The minimum Gasteiger partial charge on any atom is -0.480 e. The van der Waals surface area contributed by atoms with E-state index in [0.717, 1.165) is 6.42 Å². The van der Waals surface area contributed by atoms with Crippen molar-refractivity contribution < 1.29 is 14.7 Å². The fraction of sp³-hybridized carbons (Fsp3) is 0.818. The molecule has 92 valence electrons. The Morgan fingerprint density at radius 1 is 1.38 bits per heavy atom. The van der Waals surface area contributed by atoms with Crippen LogP contribution in [0.4, 0.5) is 0 Å². The van der Waals surface area contributed by atoms with Gasteiger partial charge in [-0.15, -0.1) is 0 Å². The highest BCUT2D eigenvalue weighted by Crippen LogP contribution is 2.32. The molecule has 0 radical (unpaired) electrons. The number of amides is 1. The zero-order valence-electron chi connectivity index (χ0n) is 10.0. The van der Waals surface area contributed by atoms with E-state index in [1.807, 2.05) is 20.8 Å². The lowest BCUT2D eigenvalue weighted by molar-refractivity contribution is -0.152. The van der Waals surface area contributed by atoms with E-state index < -0.39 is 17.6 Å². The SMILES string of the molecule is CC(C)(C)[C@@H](N)C(=O)NC1(C(=O)O)CCC1. The molecule has 0 unspecified atom stereocenters. The Bertz CT molecular complexity index is 303. The van der Waals surface area contributed by atoms with Crippen LogP contribution >= 0.6 is 0 Å². The van der Waals surface area contributed by atoms with Gasteiger partial charge < -0.3 is 16.2 Å². The highest BCUT2D eigenvalue weighted by molar-refractivity contribution is 5.90. The molecule has 1 rings (SSSR count). The van der Waals surface area contributed by atoms with Crippen LogP contribution < -0.4 is 11.1 Å². The van der Waals surface area contributed by atoms with Gasteiger partial charge in [0.2, 0.25) is 5.91 Å². The molecule has 16 heavy (non-hydrogen) atoms. The lowest BCUT2D eigenvalue weighted by Gasteiger charge is -2.40. The van der Waals surface area contributed by atoms with Crippen molar-refractivity contribution in [2.24, 2.45) is 11.1 Å². The van der Waals surface area contributed by atoms with Crippen LogP contribution in [0.2, 0.25) is 0 Å². The van der Waals surface area contributed by atoms with Gasteiger partial charge in [0.15, 0.2) is 0 Å². The van der Waals surface area contributed by atoms with E-state index in [4.69, 9.17) is 10.8 Å². The van der Waals surface area contributed by atoms with E-state index in [0.29, 0.717) is 12.8 Å². The summed E-state index contributed by atoms with van der Waals surface area (Å²) >= 11 is 0. The zero-order chi connectivity index (χ0) is 12.6. The summed E-state index contributed by atoms with van der Waals surface area (Å²) in [6.45, 7) is 5.56. The van der Waals surface area contributed by atoms with Gasteiger partial charge in [0, 0.05) is 0 Å². The van der Waals surface area contributed by atoms with Crippen molar-refractivity contribution >= 4 is 11.9 Å². The van der Waals surface area contributed by atoms with E-state index in [1.54, 1.807) is 0 Å². The Morgan fingerprint density at radius 2 is 1.88 bits per heavy atom. The lowest BCUT2D eigenvalue weighted by atomic mass is 9.76. The topological polar surface area (TPSA) is 92.4 Å². The smallest absolute Gasteiger partial charge is 0.329 e. The number of rotatable bonds is 3. The molecule has 1 fully saturated rings. The third-order valence-electron chi connectivity index (χ3n) is 3.19. The Kier molecular flexibility index (Phi) is 3.28. The summed E-state index contributed by atoms with van der Waals surface area (Å²) in [5.74, 6) is -1.34. The van der Waals surface area contributed by atoms with Crippen molar-refractivity contribution in [1.82, 2.24) is 5.32 Å². The van der Waals surface area contributed by atoms with Crippen molar-refractivity contribution in [3.63, 3.8) is 0 Å². The second-order valence-corrected chi connectivity index (χ2v) is 5.57. The molecule has 0 aromatic rings. The van der Waals surface area contributed by atoms with Gasteiger partial charge in [-0.3, -0.25) is 4.79 Å². The monoisotopic (exact) mass is 228 g/mol. The molecule has 4 N–H and O–H groups in total. The van der Waals surface area contributed by atoms with Crippen molar-refractivity contribution in [2.75, 3.05) is 0 Å². The first-order chi connectivity index (χ1) is 7.19. The average Bonchev–Trinajstić information content (AvgIpc) is 2.07. The second-order valence-electron chi connectivity index (χ2n) is 5.57. The third kappa shape index (κ3) is 2.35. The molecule has 5 heteroatoms. The molecule has 0 aromatic heterocycles. The normalized spacial score (nSPS) is 20.8. The van der Waals surface area contributed by atoms with E-state index in [9.17, 15) is 9.59 Å². The average molecular weight is 228 g/mol. The van der Waals surface area contributed by atoms with Crippen LogP contribution in [0.5, 0.6) is 0 Å². The lowest BCUT2D eigenvalue weighted by Crippen LogP contribution is -2.63. The van der Waals surface area contributed by atoms with Crippen LogP contribution in [0.25, 0.3) is 0 Å². The number of aliphatic carboxylic acids is 1. The van der Waals surface area contributed by atoms with Gasteiger partial charge in [0.25, 0.3) is 0 Å². The molecule has 5 nitrogen and oxygen atoms in total. The molecule has 0 aromatic carbocycles. The van der Waals surface area contributed by atoms with Gasteiger partial charge in [-0.1, -0.05) is 20.8 Å². The number of carboxylic acid groups (broad SMARTS) is 1. The summed E-state index contributed by atoms with van der Waals surface area (Å²) < 4.78 is 0. The first-order valence-electron chi connectivity index (χ1n) is 5.50. The fourth-order valence-electron chi connectivity index (χ4n) is 1.63. The first kappa shape index (κ1) is 13.0. The quantitative estimate of drug-likeness (QED) is 0.655. The second kappa shape index (κ2) is 4.05. The number of carbonyl (C=O) groups excluding carboxylic acids is 1. The van der Waals surface area contributed by atoms with Crippen LogP contribution in [-0.4, -0.2) is 28.6 Å². The molecule has 1 aliphatic rings. The minimum atomic E-state index is -1.07. The van der Waals surface area contributed by atoms with E-state index in [2.05, 4.69) is 5.32 Å². The van der Waals surface area contributed by atoms with Gasteiger partial charge in [-0.05, 0) is 24.7 Å². The van der Waals surface area contributed by atoms with Gasteiger partial charge in [0.05, 0.1) is 6.04 Å². The largest absolute Gasteiger partial charge is 0.480 e. The van der Waals surface area contributed by atoms with E-state index in [1.165, 1.54) is 0 Å². The maximum atomic E-state index is 11.8. The van der Waals surface area contributed by atoms with Gasteiger partial charge >= 0.3 is 5.97 Å². The van der Waals surface area contributed by atoms with Crippen molar-refractivity contribution in [3.8, 4) is 0 Å². The van der Waals surface area contributed by atoms with Gasteiger partial charge in [0.1, 0.15) is 5.54 Å². The van der Waals surface area contributed by atoms with Crippen LogP contribution in [0.1, 0.15) is 40.0 Å². The number of carbonyl (C=O) groups is 2. The molecule has 0 aliphatic heterocycles. The summed E-state index contributed by atoms with van der Waals surface area (Å²) in [5.41, 5.74) is 4.34. The molecule has 0 saturated heterocycles. The predicted molar refractivity (Wildman–Crippen MR) is 59.8 cm³/mol. The molecular formula is C11H20N2O3.